The summed E-state index contributed by atoms with van der Waals surface area (Å²) < 4.78 is 73.0. The number of alkyl halides is 1. The van der Waals surface area contributed by atoms with Crippen LogP contribution in [0.3, 0.4) is 0 Å². The number of hydrogen-bond donors (Lipinski definition) is 0. The fraction of sp³-hybridized carbons (Fsp3) is 0.400. The van der Waals surface area contributed by atoms with Crippen molar-refractivity contribution in [3.05, 3.63) is 126 Å². The molecule has 0 atom stereocenters. The van der Waals surface area contributed by atoms with Crippen molar-refractivity contribution in [3.63, 3.8) is 0 Å². The molecule has 2 aliphatic rings. The predicted molar refractivity (Wildman–Crippen MR) is 237 cm³/mol. The molecule has 2 saturated heterocycles. The second-order valence-corrected chi connectivity index (χ2v) is 20.6. The van der Waals surface area contributed by atoms with Crippen LogP contribution in [0.25, 0.3) is 0 Å². The van der Waals surface area contributed by atoms with Gasteiger partial charge in [-0.25, -0.2) is 25.6 Å². The second kappa shape index (κ2) is 25.4. The Morgan fingerprint density at radius 3 is 1.43 bits per heavy atom. The molecule has 2 heterocycles. The molecule has 0 spiro atoms. The number of hydrogen-bond acceptors (Lipinski definition) is 13. The first-order valence-electron chi connectivity index (χ1n) is 18.8. The van der Waals surface area contributed by atoms with Crippen molar-refractivity contribution in [2.24, 2.45) is 0 Å². The smallest absolute Gasteiger partial charge is 0.850 e. The van der Waals surface area contributed by atoms with Crippen LogP contribution in [0.2, 0.25) is 10.0 Å². The topological polar surface area (TPSA) is 191 Å². The van der Waals surface area contributed by atoms with Crippen LogP contribution in [0.4, 0.5) is 31.5 Å². The summed E-state index contributed by atoms with van der Waals surface area (Å²) >= 11 is 17.3. The van der Waals surface area contributed by atoms with E-state index in [2.05, 4.69) is 9.80 Å². The van der Waals surface area contributed by atoms with E-state index in [4.69, 9.17) is 34.8 Å². The monoisotopic (exact) mass is 1000 g/mol. The molecule has 6 rings (SSSR count). The van der Waals surface area contributed by atoms with Gasteiger partial charge in [-0.1, -0.05) is 44.0 Å². The van der Waals surface area contributed by atoms with Crippen LogP contribution in [0.5, 0.6) is 0 Å². The van der Waals surface area contributed by atoms with Gasteiger partial charge < -0.3 is 24.7 Å². The van der Waals surface area contributed by atoms with Crippen molar-refractivity contribution in [3.8, 4) is 0 Å². The van der Waals surface area contributed by atoms with Crippen molar-refractivity contribution < 1.29 is 92.0 Å². The van der Waals surface area contributed by atoms with Crippen molar-refractivity contribution in [1.29, 1.82) is 0 Å². The molecule has 15 nitrogen and oxygen atoms in total. The average Bonchev–Trinajstić information content (AvgIpc) is 3.18. The van der Waals surface area contributed by atoms with Gasteiger partial charge in [0.05, 0.1) is 25.4 Å². The normalized spacial score (nSPS) is 14.7. The molecule has 2 aliphatic heterocycles. The largest absolute Gasteiger partial charge is 1.00 e. The van der Waals surface area contributed by atoms with Gasteiger partial charge >= 0.3 is 51.4 Å². The van der Waals surface area contributed by atoms with Crippen molar-refractivity contribution in [2.45, 2.75) is 41.9 Å². The molecule has 2 fully saturated rings. The zero-order valence-corrected chi connectivity index (χ0v) is 42.7. The van der Waals surface area contributed by atoms with Gasteiger partial charge in [0, 0.05) is 74.0 Å². The standard InChI is InChI=1S/C18H19ClFN3O4S.C11H14ClN3O2.C7H6ClFO2S.C4H9O.K/c1-21-6-8-22(9-7-21)17-11-14(19)10-13(18(17)23(24)25)12-28(26,27)16-4-2-15(20)3-5-16;1-13-4-6-14(7-5-13)11-8-9(12)2-3-10(11)15(16)17;8-5-12(10,11)7-3-1-6(9)2-4-7;1-4(2,3)5;/h2-5,10-11H,6-9,12H2,1H3;2-3,8H,4-7H2,1H3;1-4H,5H2;1-3H3;/q;;;-1;+1. The Balaban J connectivity index is 0.000000331. The minimum Gasteiger partial charge on any atom is -0.850 e. The Kier molecular flexibility index (Phi) is 22.8. The van der Waals surface area contributed by atoms with Crippen molar-refractivity contribution >= 4 is 77.2 Å². The van der Waals surface area contributed by atoms with Gasteiger partial charge in [0.1, 0.15) is 28.2 Å². The molecule has 0 amide bonds. The molecule has 340 valence electrons. The van der Waals surface area contributed by atoms with Crippen LogP contribution in [0, 0.1) is 31.9 Å². The summed E-state index contributed by atoms with van der Waals surface area (Å²) in [6, 6.07) is 16.4. The molecule has 0 N–H and O–H groups in total. The number of nitro groups is 2. The number of anilines is 2. The molecule has 4 aromatic rings. The number of benzene rings is 4. The van der Waals surface area contributed by atoms with Gasteiger partial charge in [-0.2, -0.15) is 0 Å². The minimum atomic E-state index is -3.92. The Morgan fingerprint density at radius 1 is 0.635 bits per heavy atom. The number of piperazine rings is 2. The summed E-state index contributed by atoms with van der Waals surface area (Å²) in [6.45, 7) is 10.9. The van der Waals surface area contributed by atoms with E-state index in [0.29, 0.717) is 29.5 Å². The van der Waals surface area contributed by atoms with E-state index in [1.807, 2.05) is 23.9 Å². The van der Waals surface area contributed by atoms with Crippen LogP contribution in [0.1, 0.15) is 26.3 Å². The Bertz CT molecular complexity index is 2360. The molecule has 4 aromatic carbocycles. The second-order valence-electron chi connectivity index (χ2n) is 15.2. The number of halogens is 5. The van der Waals surface area contributed by atoms with Gasteiger partial charge in [-0.05, 0) is 86.9 Å². The molecule has 23 heteroatoms. The Hall–Kier alpha value is -2.57. The number of likely N-dealkylation sites (N-methyl/N-ethyl adjacent to an activating group) is 2. The number of sulfone groups is 2. The van der Waals surface area contributed by atoms with Gasteiger partial charge in [0.15, 0.2) is 19.7 Å². The average molecular weight is 1000 g/mol. The van der Waals surface area contributed by atoms with Gasteiger partial charge in [-0.3, -0.25) is 20.2 Å². The van der Waals surface area contributed by atoms with Crippen LogP contribution in [-0.4, -0.2) is 114 Å². The maximum atomic E-state index is 13.1. The number of nitro benzene ring substituents is 2. The van der Waals surface area contributed by atoms with E-state index in [9.17, 15) is 51.0 Å². The zero-order valence-electron chi connectivity index (χ0n) is 35.6. The first-order valence-corrected chi connectivity index (χ1v) is 23.4. The predicted octanol–water partition coefficient (Wildman–Crippen LogP) is 4.06. The summed E-state index contributed by atoms with van der Waals surface area (Å²) in [7, 11) is -3.32. The molecule has 63 heavy (non-hydrogen) atoms. The SMILES string of the molecule is CC(C)(C)[O-].CN1CCN(c2cc(Cl)cc(CS(=O)(=O)c3ccc(F)cc3)c2[N+](=O)[O-])CC1.CN1CCN(c2cc(Cl)ccc2[N+](=O)[O-])CC1.O=S(=O)(CCl)c1ccc(F)cc1.[K+]. The summed E-state index contributed by atoms with van der Waals surface area (Å²) in [5.74, 6) is -1.63. The quantitative estimate of drug-likeness (QED) is 0.0769. The van der Waals surface area contributed by atoms with E-state index in [0.717, 1.165) is 75.7 Å². The molecular weight excluding hydrogens is 956 g/mol. The van der Waals surface area contributed by atoms with Gasteiger partial charge in [-0.15, -0.1) is 17.2 Å². The maximum Gasteiger partial charge on any atom is 1.00 e. The zero-order chi connectivity index (χ0) is 46.6. The van der Waals surface area contributed by atoms with E-state index in [1.54, 1.807) is 32.9 Å². The van der Waals surface area contributed by atoms with E-state index in [1.165, 1.54) is 30.3 Å². The van der Waals surface area contributed by atoms with Crippen LogP contribution in [0.15, 0.2) is 88.7 Å². The van der Waals surface area contributed by atoms with Gasteiger partial charge in [0.25, 0.3) is 11.4 Å². The van der Waals surface area contributed by atoms with Crippen molar-refractivity contribution in [1.82, 2.24) is 9.80 Å². The summed E-state index contributed by atoms with van der Waals surface area (Å²) in [5.41, 5.74) is 0.0554. The summed E-state index contributed by atoms with van der Waals surface area (Å²) in [4.78, 5) is 29.9. The van der Waals surface area contributed by atoms with Crippen LogP contribution in [-0.2, 0) is 25.4 Å². The van der Waals surface area contributed by atoms with Crippen LogP contribution >= 0.6 is 34.8 Å². The fourth-order valence-corrected chi connectivity index (χ4v) is 8.64. The third kappa shape index (κ3) is 18.7. The first-order chi connectivity index (χ1) is 28.8. The third-order valence-electron chi connectivity index (χ3n) is 8.97. The first kappa shape index (κ1) is 56.6. The van der Waals surface area contributed by atoms with E-state index >= 15 is 0 Å². The maximum absolute atomic E-state index is 13.1. The molecule has 0 unspecified atom stereocenters. The van der Waals surface area contributed by atoms with Crippen molar-refractivity contribution in [2.75, 3.05) is 81.5 Å². The third-order valence-corrected chi connectivity index (χ3v) is 13.2. The van der Waals surface area contributed by atoms with Crippen LogP contribution < -0.4 is 66.3 Å². The molecule has 0 aliphatic carbocycles. The number of rotatable bonds is 9. The fourth-order valence-electron chi connectivity index (χ4n) is 5.84. The van der Waals surface area contributed by atoms with E-state index in [-0.39, 0.29) is 88.1 Å². The molecule has 0 aromatic heterocycles. The minimum absolute atomic E-state index is 0. The Morgan fingerprint density at radius 2 is 1.03 bits per heavy atom. The Labute approximate surface area is 424 Å². The number of nitrogens with zero attached hydrogens (tertiary/aromatic N) is 6. The molecular formula is C40H48Cl3F2KN6O9S2. The molecule has 0 saturated carbocycles. The summed E-state index contributed by atoms with van der Waals surface area (Å²) in [5, 5.41) is 33.1. The molecule has 0 bridgehead atoms. The summed E-state index contributed by atoms with van der Waals surface area (Å²) in [6.07, 6.45) is 0. The van der Waals surface area contributed by atoms with E-state index < -0.39 is 52.8 Å². The van der Waals surface area contributed by atoms with Gasteiger partial charge in [0.2, 0.25) is 0 Å². The molecule has 0 radical (unpaired) electrons.